The SMILES string of the molecule is CCc1ccc(C[C@@]2(C)Cc3cc(C(=O)N(CCC(=O)O)Cc4cccc(Cl)c4)ccc3O2)cc1. The summed E-state index contributed by atoms with van der Waals surface area (Å²) >= 11 is 6.10. The second-order valence-corrected chi connectivity index (χ2v) is 9.83. The van der Waals surface area contributed by atoms with E-state index in [0.717, 1.165) is 29.7 Å². The zero-order chi connectivity index (χ0) is 25.0. The monoisotopic (exact) mass is 491 g/mol. The Kier molecular flexibility index (Phi) is 7.46. The van der Waals surface area contributed by atoms with E-state index in [9.17, 15) is 14.7 Å². The molecule has 0 radical (unpaired) electrons. The molecule has 1 amide bonds. The van der Waals surface area contributed by atoms with E-state index >= 15 is 0 Å². The van der Waals surface area contributed by atoms with E-state index in [1.54, 1.807) is 23.1 Å². The van der Waals surface area contributed by atoms with Gasteiger partial charge in [0.2, 0.25) is 0 Å². The third-order valence-corrected chi connectivity index (χ3v) is 6.62. The lowest BCUT2D eigenvalue weighted by Crippen LogP contribution is -2.33. The number of aryl methyl sites for hydroxylation is 1. The minimum atomic E-state index is -0.945. The Morgan fingerprint density at radius 1 is 1.03 bits per heavy atom. The lowest BCUT2D eigenvalue weighted by molar-refractivity contribution is -0.137. The molecule has 1 N–H and O–H groups in total. The fourth-order valence-corrected chi connectivity index (χ4v) is 4.81. The molecule has 3 aromatic carbocycles. The van der Waals surface area contributed by atoms with E-state index in [-0.39, 0.29) is 31.0 Å². The summed E-state index contributed by atoms with van der Waals surface area (Å²) in [5.74, 6) is -0.363. The van der Waals surface area contributed by atoms with E-state index in [2.05, 4.69) is 38.1 Å². The Morgan fingerprint density at radius 3 is 2.46 bits per heavy atom. The van der Waals surface area contributed by atoms with Crippen LogP contribution in [0.4, 0.5) is 0 Å². The minimum Gasteiger partial charge on any atom is -0.487 e. The average Bonchev–Trinajstić information content (AvgIpc) is 3.16. The number of carbonyl (C=O) groups is 2. The van der Waals surface area contributed by atoms with Crippen LogP contribution in [-0.4, -0.2) is 34.0 Å². The van der Waals surface area contributed by atoms with Crippen molar-refractivity contribution in [3.8, 4) is 5.75 Å². The third-order valence-electron chi connectivity index (χ3n) is 6.38. The zero-order valence-corrected chi connectivity index (χ0v) is 20.8. The number of nitrogens with zero attached hydrogens (tertiary/aromatic N) is 1. The summed E-state index contributed by atoms with van der Waals surface area (Å²) in [6, 6.07) is 21.4. The highest BCUT2D eigenvalue weighted by Gasteiger charge is 2.35. The normalized spacial score (nSPS) is 16.4. The largest absolute Gasteiger partial charge is 0.487 e. The summed E-state index contributed by atoms with van der Waals surface area (Å²) < 4.78 is 6.32. The van der Waals surface area contributed by atoms with Crippen molar-refractivity contribution in [2.45, 2.75) is 51.7 Å². The molecule has 1 aliphatic heterocycles. The molecule has 0 bridgehead atoms. The molecule has 0 aliphatic carbocycles. The van der Waals surface area contributed by atoms with Gasteiger partial charge >= 0.3 is 5.97 Å². The second-order valence-electron chi connectivity index (χ2n) is 9.40. The summed E-state index contributed by atoms with van der Waals surface area (Å²) in [6.07, 6.45) is 2.35. The topological polar surface area (TPSA) is 66.8 Å². The second kappa shape index (κ2) is 10.5. The molecule has 1 heterocycles. The average molecular weight is 492 g/mol. The number of benzene rings is 3. The molecule has 1 atom stereocenters. The molecule has 0 saturated heterocycles. The first-order valence-corrected chi connectivity index (χ1v) is 12.3. The van der Waals surface area contributed by atoms with Gasteiger partial charge in [-0.15, -0.1) is 0 Å². The summed E-state index contributed by atoms with van der Waals surface area (Å²) in [5, 5.41) is 9.76. The van der Waals surface area contributed by atoms with E-state index < -0.39 is 5.97 Å². The van der Waals surface area contributed by atoms with Gasteiger partial charge in [-0.1, -0.05) is 54.9 Å². The number of carboxylic acids is 1. The Bertz CT molecular complexity index is 1220. The number of rotatable bonds is 9. The lowest BCUT2D eigenvalue weighted by Gasteiger charge is -2.24. The number of halogens is 1. The maximum atomic E-state index is 13.4. The van der Waals surface area contributed by atoms with Gasteiger partial charge in [0.1, 0.15) is 11.4 Å². The Hall–Kier alpha value is -3.31. The Morgan fingerprint density at radius 2 is 1.77 bits per heavy atom. The van der Waals surface area contributed by atoms with Crippen LogP contribution in [-0.2, 0) is 30.6 Å². The quantitative estimate of drug-likeness (QED) is 0.401. The van der Waals surface area contributed by atoms with E-state index in [1.807, 2.05) is 24.3 Å². The molecular formula is C29H30ClNO4. The predicted molar refractivity (Wildman–Crippen MR) is 137 cm³/mol. The number of amides is 1. The molecule has 4 rings (SSSR count). The van der Waals surface area contributed by atoms with Gasteiger partial charge in [-0.05, 0) is 65.9 Å². The summed E-state index contributed by atoms with van der Waals surface area (Å²) in [5.41, 5.74) is 4.50. The zero-order valence-electron chi connectivity index (χ0n) is 20.1. The first-order valence-electron chi connectivity index (χ1n) is 11.9. The van der Waals surface area contributed by atoms with Crippen LogP contribution in [0.1, 0.15) is 52.9 Å². The smallest absolute Gasteiger partial charge is 0.305 e. The third kappa shape index (κ3) is 6.23. The van der Waals surface area contributed by atoms with Gasteiger partial charge in [-0.25, -0.2) is 0 Å². The highest BCUT2D eigenvalue weighted by Crippen LogP contribution is 2.37. The first-order chi connectivity index (χ1) is 16.7. The van der Waals surface area contributed by atoms with Gasteiger partial charge in [-0.3, -0.25) is 9.59 Å². The molecule has 5 nitrogen and oxygen atoms in total. The number of ether oxygens (including phenoxy) is 1. The van der Waals surface area contributed by atoms with Crippen molar-refractivity contribution in [2.24, 2.45) is 0 Å². The number of carboxylic acid groups (broad SMARTS) is 1. The van der Waals surface area contributed by atoms with E-state index in [0.29, 0.717) is 17.0 Å². The van der Waals surface area contributed by atoms with Gasteiger partial charge in [-0.2, -0.15) is 0 Å². The molecule has 1 aliphatic rings. The van der Waals surface area contributed by atoms with Crippen molar-refractivity contribution in [1.29, 1.82) is 0 Å². The van der Waals surface area contributed by atoms with Crippen LogP contribution in [0.3, 0.4) is 0 Å². The molecular weight excluding hydrogens is 462 g/mol. The first kappa shape index (κ1) is 24.8. The molecule has 6 heteroatoms. The van der Waals surface area contributed by atoms with Crippen LogP contribution in [0.5, 0.6) is 5.75 Å². The molecule has 0 saturated carbocycles. The van der Waals surface area contributed by atoms with Crippen molar-refractivity contribution < 1.29 is 19.4 Å². The summed E-state index contributed by atoms with van der Waals surface area (Å²) in [7, 11) is 0. The number of aliphatic carboxylic acids is 1. The van der Waals surface area contributed by atoms with Crippen molar-refractivity contribution >= 4 is 23.5 Å². The number of fused-ring (bicyclic) bond motifs is 1. The number of carbonyl (C=O) groups excluding carboxylic acids is 1. The van der Waals surface area contributed by atoms with E-state index in [1.165, 1.54) is 11.1 Å². The van der Waals surface area contributed by atoms with Gasteiger partial charge in [0, 0.05) is 36.5 Å². The van der Waals surface area contributed by atoms with Crippen molar-refractivity contribution in [3.05, 3.63) is 99.6 Å². The molecule has 0 spiro atoms. The summed E-state index contributed by atoms with van der Waals surface area (Å²) in [4.78, 5) is 26.2. The maximum Gasteiger partial charge on any atom is 0.305 e. The number of hydrogen-bond acceptors (Lipinski definition) is 3. The molecule has 35 heavy (non-hydrogen) atoms. The molecule has 0 aromatic heterocycles. The van der Waals surface area contributed by atoms with Crippen LogP contribution in [0.25, 0.3) is 0 Å². The van der Waals surface area contributed by atoms with Gasteiger partial charge in [0.15, 0.2) is 0 Å². The summed E-state index contributed by atoms with van der Waals surface area (Å²) in [6.45, 7) is 4.63. The Labute approximate surface area is 211 Å². The van der Waals surface area contributed by atoms with Crippen LogP contribution in [0.2, 0.25) is 5.02 Å². The van der Waals surface area contributed by atoms with Gasteiger partial charge in [0.25, 0.3) is 5.91 Å². The van der Waals surface area contributed by atoms with Crippen molar-refractivity contribution in [1.82, 2.24) is 4.90 Å². The predicted octanol–water partition coefficient (Wildman–Crippen LogP) is 5.96. The standard InChI is InChI=1S/C29H30ClNO4/c1-3-20-7-9-21(10-8-20)17-29(2)18-24-16-23(11-12-26(24)35-29)28(34)31(14-13-27(32)33)19-22-5-4-6-25(30)15-22/h4-12,15-16H,3,13-14,17-19H2,1-2H3,(H,32,33)/t29-/m0/s1. The fourth-order valence-electron chi connectivity index (χ4n) is 4.60. The van der Waals surface area contributed by atoms with Crippen molar-refractivity contribution in [2.75, 3.05) is 6.54 Å². The fraction of sp³-hybridized carbons (Fsp3) is 0.310. The lowest BCUT2D eigenvalue weighted by atomic mass is 9.91. The van der Waals surface area contributed by atoms with Gasteiger partial charge < -0.3 is 14.7 Å². The molecule has 0 unspecified atom stereocenters. The van der Waals surface area contributed by atoms with Crippen LogP contribution in [0.15, 0.2) is 66.7 Å². The highest BCUT2D eigenvalue weighted by atomic mass is 35.5. The van der Waals surface area contributed by atoms with E-state index in [4.69, 9.17) is 16.3 Å². The molecule has 0 fully saturated rings. The highest BCUT2D eigenvalue weighted by molar-refractivity contribution is 6.30. The molecule has 182 valence electrons. The molecule has 3 aromatic rings. The Balaban J connectivity index is 1.51. The van der Waals surface area contributed by atoms with Crippen LogP contribution < -0.4 is 4.74 Å². The number of hydrogen-bond donors (Lipinski definition) is 1. The van der Waals surface area contributed by atoms with Crippen LogP contribution >= 0.6 is 11.6 Å². The maximum absolute atomic E-state index is 13.4. The van der Waals surface area contributed by atoms with Crippen molar-refractivity contribution in [3.63, 3.8) is 0 Å². The minimum absolute atomic E-state index is 0.111. The van der Waals surface area contributed by atoms with Gasteiger partial charge in [0.05, 0.1) is 6.42 Å². The van der Waals surface area contributed by atoms with Crippen LogP contribution in [0, 0.1) is 0 Å².